The molecule has 0 spiro atoms. The number of benzene rings is 2. The molecule has 0 atom stereocenters. The maximum absolute atomic E-state index is 13.5. The molecule has 2 aromatic carbocycles. The van der Waals surface area contributed by atoms with Crippen LogP contribution in [0.25, 0.3) is 0 Å². The second-order valence-electron chi connectivity index (χ2n) is 4.31. The summed E-state index contributed by atoms with van der Waals surface area (Å²) in [6, 6.07) is 9.97. The summed E-state index contributed by atoms with van der Waals surface area (Å²) in [5, 5.41) is 5.58. The lowest BCUT2D eigenvalue weighted by atomic mass is 10.3. The summed E-state index contributed by atoms with van der Waals surface area (Å²) in [5.41, 5.74) is 6.99. The van der Waals surface area contributed by atoms with Gasteiger partial charge in [0.25, 0.3) is 0 Å². The highest BCUT2D eigenvalue weighted by molar-refractivity contribution is 5.74. The van der Waals surface area contributed by atoms with E-state index in [9.17, 15) is 8.78 Å². The average molecular weight is 291 g/mol. The summed E-state index contributed by atoms with van der Waals surface area (Å²) in [5.74, 6) is -1.67. The fraction of sp³-hybridized carbons (Fsp3) is 0.0714. The molecule has 1 heterocycles. The lowest BCUT2D eigenvalue weighted by Gasteiger charge is -2.10. The first kappa shape index (κ1) is 13.2. The molecule has 7 heteroatoms. The molecule has 2 N–H and O–H groups in total. The molecule has 1 aliphatic rings. The number of nitrogens with two attached hydrogens (primary N) is 1. The number of nitrogens with zero attached hydrogens (tertiary/aromatic N) is 2. The van der Waals surface area contributed by atoms with Crippen LogP contribution in [0.2, 0.25) is 0 Å². The van der Waals surface area contributed by atoms with Gasteiger partial charge in [-0.2, -0.15) is 0 Å². The Hall–Kier alpha value is -2.83. The predicted octanol–water partition coefficient (Wildman–Crippen LogP) is 2.69. The number of hydrogen-bond acceptors (Lipinski definition) is 5. The molecule has 0 unspecified atom stereocenters. The van der Waals surface area contributed by atoms with Gasteiger partial charge in [0, 0.05) is 11.8 Å². The molecule has 2 aromatic rings. The predicted molar refractivity (Wildman–Crippen MR) is 73.7 cm³/mol. The minimum atomic E-state index is -0.827. The topological polar surface area (TPSA) is 60.1 Å². The van der Waals surface area contributed by atoms with Crippen LogP contribution in [-0.2, 0) is 4.74 Å². The summed E-state index contributed by atoms with van der Waals surface area (Å²) in [4.78, 5) is 0. The van der Waals surface area contributed by atoms with Gasteiger partial charge >= 0.3 is 6.08 Å². The molecule has 0 aliphatic carbocycles. The number of ether oxygens (including phenoxy) is 2. The van der Waals surface area contributed by atoms with Crippen molar-refractivity contribution in [1.29, 1.82) is 0 Å². The highest BCUT2D eigenvalue weighted by atomic mass is 19.1. The van der Waals surface area contributed by atoms with Crippen molar-refractivity contribution in [2.45, 2.75) is 0 Å². The first-order valence-corrected chi connectivity index (χ1v) is 6.09. The molecule has 0 amide bonds. The quantitative estimate of drug-likeness (QED) is 0.864. The second-order valence-corrected chi connectivity index (χ2v) is 4.31. The number of halogens is 2. The second kappa shape index (κ2) is 5.28. The Labute approximate surface area is 119 Å². The van der Waals surface area contributed by atoms with Crippen molar-refractivity contribution < 1.29 is 18.3 Å². The van der Waals surface area contributed by atoms with Crippen LogP contribution >= 0.6 is 0 Å². The Morgan fingerprint density at radius 2 is 1.90 bits per heavy atom. The SMILES string of the molecule is Nc1ccc(N2COC(Oc3ccc(F)cc3F)=N2)cc1. The third-order valence-electron chi connectivity index (χ3n) is 2.79. The fourth-order valence-corrected chi connectivity index (χ4v) is 1.75. The van der Waals surface area contributed by atoms with Crippen molar-refractivity contribution in [3.05, 3.63) is 54.1 Å². The minimum absolute atomic E-state index is 0.114. The Kier molecular flexibility index (Phi) is 3.31. The van der Waals surface area contributed by atoms with Gasteiger partial charge in [-0.3, -0.25) is 0 Å². The van der Waals surface area contributed by atoms with Gasteiger partial charge in [-0.25, -0.2) is 13.8 Å². The van der Waals surface area contributed by atoms with Gasteiger partial charge in [0.1, 0.15) is 5.82 Å². The average Bonchev–Trinajstić information content (AvgIpc) is 2.91. The van der Waals surface area contributed by atoms with E-state index in [1.165, 1.54) is 11.1 Å². The zero-order valence-electron chi connectivity index (χ0n) is 10.8. The molecular weight excluding hydrogens is 280 g/mol. The van der Waals surface area contributed by atoms with Crippen LogP contribution in [0.4, 0.5) is 20.2 Å². The van der Waals surface area contributed by atoms with E-state index in [0.717, 1.165) is 17.8 Å². The lowest BCUT2D eigenvalue weighted by Crippen LogP contribution is -2.12. The molecule has 0 saturated heterocycles. The van der Waals surface area contributed by atoms with Crippen molar-refractivity contribution in [1.82, 2.24) is 0 Å². The fourth-order valence-electron chi connectivity index (χ4n) is 1.75. The summed E-state index contributed by atoms with van der Waals surface area (Å²) in [7, 11) is 0. The zero-order chi connectivity index (χ0) is 14.8. The van der Waals surface area contributed by atoms with Gasteiger partial charge in [-0.1, -0.05) is 5.10 Å². The molecule has 108 valence electrons. The van der Waals surface area contributed by atoms with Crippen LogP contribution in [0.3, 0.4) is 0 Å². The maximum atomic E-state index is 13.5. The molecular formula is C14H11F2N3O2. The van der Waals surface area contributed by atoms with Crippen LogP contribution in [0.15, 0.2) is 47.6 Å². The Bertz CT molecular complexity index is 689. The van der Waals surface area contributed by atoms with E-state index in [1.807, 2.05) is 0 Å². The Balaban J connectivity index is 1.75. The number of hydrogen-bond donors (Lipinski definition) is 1. The number of nitrogen functional groups attached to an aromatic ring is 1. The first-order chi connectivity index (χ1) is 10.1. The Morgan fingerprint density at radius 1 is 1.14 bits per heavy atom. The van der Waals surface area contributed by atoms with Crippen LogP contribution < -0.4 is 15.5 Å². The van der Waals surface area contributed by atoms with E-state index in [-0.39, 0.29) is 18.6 Å². The molecule has 0 radical (unpaired) electrons. The largest absolute Gasteiger partial charge is 0.426 e. The monoisotopic (exact) mass is 291 g/mol. The normalized spacial score (nSPS) is 13.8. The van der Waals surface area contributed by atoms with Crippen molar-refractivity contribution in [3.63, 3.8) is 0 Å². The number of rotatable bonds is 2. The van der Waals surface area contributed by atoms with Crippen LogP contribution in [0.5, 0.6) is 5.75 Å². The number of anilines is 2. The molecule has 0 saturated carbocycles. The summed E-state index contributed by atoms with van der Waals surface area (Å²) < 4.78 is 36.6. The molecule has 1 aliphatic heterocycles. The van der Waals surface area contributed by atoms with Crippen molar-refractivity contribution in [2.75, 3.05) is 17.5 Å². The highest BCUT2D eigenvalue weighted by Crippen LogP contribution is 2.22. The van der Waals surface area contributed by atoms with E-state index >= 15 is 0 Å². The van der Waals surface area contributed by atoms with E-state index < -0.39 is 11.6 Å². The van der Waals surface area contributed by atoms with Crippen LogP contribution in [-0.4, -0.2) is 12.8 Å². The van der Waals surface area contributed by atoms with Gasteiger partial charge in [0.05, 0.1) is 5.69 Å². The van der Waals surface area contributed by atoms with Crippen molar-refractivity contribution in [3.8, 4) is 5.75 Å². The van der Waals surface area contributed by atoms with E-state index in [1.54, 1.807) is 24.3 Å². The smallest absolute Gasteiger partial charge is 0.413 e. The molecule has 3 rings (SSSR count). The standard InChI is InChI=1S/C14H11F2N3O2/c15-9-1-6-13(12(16)7-9)21-14-18-19(8-20-14)11-4-2-10(17)3-5-11/h1-7H,8,17H2. The molecule has 0 aromatic heterocycles. The summed E-state index contributed by atoms with van der Waals surface area (Å²) in [6.07, 6.45) is -0.114. The molecule has 0 bridgehead atoms. The van der Waals surface area contributed by atoms with Crippen molar-refractivity contribution >= 4 is 17.5 Å². The molecule has 0 fully saturated rings. The van der Waals surface area contributed by atoms with Gasteiger partial charge in [0.2, 0.25) is 0 Å². The van der Waals surface area contributed by atoms with E-state index in [2.05, 4.69) is 5.10 Å². The van der Waals surface area contributed by atoms with Gasteiger partial charge in [-0.05, 0) is 36.4 Å². The maximum Gasteiger partial charge on any atom is 0.413 e. The van der Waals surface area contributed by atoms with Gasteiger partial charge in [-0.15, -0.1) is 0 Å². The minimum Gasteiger partial charge on any atom is -0.426 e. The van der Waals surface area contributed by atoms with Gasteiger partial charge in [0.15, 0.2) is 18.3 Å². The van der Waals surface area contributed by atoms with Crippen LogP contribution in [0, 0.1) is 11.6 Å². The molecule has 5 nitrogen and oxygen atoms in total. The summed E-state index contributed by atoms with van der Waals surface area (Å²) >= 11 is 0. The lowest BCUT2D eigenvalue weighted by molar-refractivity contribution is 0.264. The van der Waals surface area contributed by atoms with Gasteiger partial charge < -0.3 is 15.2 Å². The zero-order valence-corrected chi connectivity index (χ0v) is 10.8. The third kappa shape index (κ3) is 2.86. The summed E-state index contributed by atoms with van der Waals surface area (Å²) in [6.45, 7) is 0.127. The van der Waals surface area contributed by atoms with Crippen LogP contribution in [0.1, 0.15) is 0 Å². The first-order valence-electron chi connectivity index (χ1n) is 6.09. The van der Waals surface area contributed by atoms with E-state index in [0.29, 0.717) is 5.69 Å². The third-order valence-corrected chi connectivity index (χ3v) is 2.79. The Morgan fingerprint density at radius 3 is 2.62 bits per heavy atom. The van der Waals surface area contributed by atoms with Crippen molar-refractivity contribution in [2.24, 2.45) is 5.10 Å². The molecule has 21 heavy (non-hydrogen) atoms. The number of hydrazone groups is 1. The highest BCUT2D eigenvalue weighted by Gasteiger charge is 2.20. The van der Waals surface area contributed by atoms with E-state index in [4.69, 9.17) is 15.2 Å².